The molecule has 1 amide bonds. The van der Waals surface area contributed by atoms with Crippen molar-refractivity contribution in [2.45, 2.75) is 20.0 Å². The zero-order valence-corrected chi connectivity index (χ0v) is 17.6. The third kappa shape index (κ3) is 4.41. The molecule has 0 radical (unpaired) electrons. The van der Waals surface area contributed by atoms with Crippen molar-refractivity contribution < 1.29 is 14.3 Å². The summed E-state index contributed by atoms with van der Waals surface area (Å²) in [7, 11) is 0. The van der Waals surface area contributed by atoms with Gasteiger partial charge in [-0.05, 0) is 43.7 Å². The molecule has 2 aromatic carbocycles. The van der Waals surface area contributed by atoms with Crippen molar-refractivity contribution in [1.82, 2.24) is 14.6 Å². The summed E-state index contributed by atoms with van der Waals surface area (Å²) in [5.74, 6) is -0.486. The van der Waals surface area contributed by atoms with Crippen molar-refractivity contribution in [3.8, 4) is 0 Å². The lowest BCUT2D eigenvalue weighted by Crippen LogP contribution is -2.26. The maximum Gasteiger partial charge on any atom is 0.340 e. The number of aryl methyl sites for hydroxylation is 2. The first-order valence-electron chi connectivity index (χ1n) is 9.57. The number of hydrogen-bond donors (Lipinski definition) is 1. The molecule has 0 saturated carbocycles. The molecule has 2 heterocycles. The summed E-state index contributed by atoms with van der Waals surface area (Å²) in [6.45, 7) is 3.65. The fourth-order valence-electron chi connectivity index (χ4n) is 3.08. The SMILES string of the molecule is Cc1ccc(NC(=O)C(OC(=O)c2ccc3nnc(C)n3c2)c2ccccc2)cc1Cl. The molecule has 0 bridgehead atoms. The fourth-order valence-corrected chi connectivity index (χ4v) is 3.26. The highest BCUT2D eigenvalue weighted by Gasteiger charge is 2.26. The number of fused-ring (bicyclic) bond motifs is 1. The number of carbonyl (C=O) groups is 2. The number of aromatic nitrogens is 3. The van der Waals surface area contributed by atoms with Crippen LogP contribution in [0, 0.1) is 13.8 Å². The Morgan fingerprint density at radius 2 is 1.81 bits per heavy atom. The Hall–Kier alpha value is -3.71. The van der Waals surface area contributed by atoms with Gasteiger partial charge in [0, 0.05) is 22.5 Å². The van der Waals surface area contributed by atoms with Crippen molar-refractivity contribution in [2.24, 2.45) is 0 Å². The average molecular weight is 435 g/mol. The van der Waals surface area contributed by atoms with Crippen LogP contribution in [0.15, 0.2) is 66.9 Å². The summed E-state index contributed by atoms with van der Waals surface area (Å²) >= 11 is 6.16. The highest BCUT2D eigenvalue weighted by Crippen LogP contribution is 2.24. The Kier molecular flexibility index (Phi) is 5.68. The first-order valence-corrected chi connectivity index (χ1v) is 9.94. The minimum absolute atomic E-state index is 0.280. The number of nitrogens with zero attached hydrogens (tertiary/aromatic N) is 3. The summed E-state index contributed by atoms with van der Waals surface area (Å²) in [5, 5.41) is 11.3. The Morgan fingerprint density at radius 3 is 2.55 bits per heavy atom. The third-order valence-electron chi connectivity index (χ3n) is 4.81. The molecule has 0 saturated heterocycles. The monoisotopic (exact) mass is 434 g/mol. The molecule has 8 heteroatoms. The van der Waals surface area contributed by atoms with Gasteiger partial charge in [-0.15, -0.1) is 10.2 Å². The van der Waals surface area contributed by atoms with E-state index in [4.69, 9.17) is 16.3 Å². The molecule has 0 aliphatic rings. The van der Waals surface area contributed by atoms with E-state index in [1.807, 2.05) is 13.0 Å². The minimum atomic E-state index is -1.15. The van der Waals surface area contributed by atoms with Gasteiger partial charge in [0.25, 0.3) is 5.91 Å². The van der Waals surface area contributed by atoms with Crippen LogP contribution in [0.1, 0.15) is 33.4 Å². The number of rotatable bonds is 5. The van der Waals surface area contributed by atoms with Crippen molar-refractivity contribution in [1.29, 1.82) is 0 Å². The molecular weight excluding hydrogens is 416 g/mol. The van der Waals surface area contributed by atoms with Gasteiger partial charge < -0.3 is 10.1 Å². The second-order valence-electron chi connectivity index (χ2n) is 7.04. The first-order chi connectivity index (χ1) is 14.9. The number of carbonyl (C=O) groups excluding carboxylic acids is 2. The van der Waals surface area contributed by atoms with E-state index >= 15 is 0 Å². The molecule has 1 unspecified atom stereocenters. The Morgan fingerprint density at radius 1 is 1.03 bits per heavy atom. The van der Waals surface area contributed by atoms with Gasteiger partial charge in [0.2, 0.25) is 6.10 Å². The lowest BCUT2D eigenvalue weighted by atomic mass is 10.1. The standard InChI is InChI=1S/C23H19ClN4O3/c1-14-8-10-18(12-19(14)24)25-22(29)21(16-6-4-3-5-7-16)31-23(30)17-9-11-20-27-26-15(2)28(20)13-17/h3-13,21H,1-2H3,(H,25,29). The van der Waals surface area contributed by atoms with E-state index < -0.39 is 18.0 Å². The van der Waals surface area contributed by atoms with Crippen LogP contribution in [0.25, 0.3) is 5.65 Å². The topological polar surface area (TPSA) is 85.6 Å². The Balaban J connectivity index is 1.61. The number of esters is 1. The van der Waals surface area contributed by atoms with Gasteiger partial charge in [-0.1, -0.05) is 48.0 Å². The van der Waals surface area contributed by atoms with Crippen LogP contribution in [0.5, 0.6) is 0 Å². The number of ether oxygens (including phenoxy) is 1. The quantitative estimate of drug-likeness (QED) is 0.466. The van der Waals surface area contributed by atoms with Crippen LogP contribution in [0.2, 0.25) is 5.02 Å². The molecule has 7 nitrogen and oxygen atoms in total. The van der Waals surface area contributed by atoms with Crippen LogP contribution in [-0.4, -0.2) is 26.5 Å². The van der Waals surface area contributed by atoms with Crippen molar-refractivity contribution in [3.05, 3.63) is 94.4 Å². The van der Waals surface area contributed by atoms with E-state index in [0.29, 0.717) is 27.7 Å². The van der Waals surface area contributed by atoms with Crippen molar-refractivity contribution in [3.63, 3.8) is 0 Å². The van der Waals surface area contributed by atoms with E-state index in [-0.39, 0.29) is 5.56 Å². The largest absolute Gasteiger partial charge is 0.444 e. The summed E-state index contributed by atoms with van der Waals surface area (Å²) < 4.78 is 7.32. The van der Waals surface area contributed by atoms with Gasteiger partial charge in [-0.2, -0.15) is 0 Å². The van der Waals surface area contributed by atoms with Gasteiger partial charge in [-0.25, -0.2) is 4.79 Å². The summed E-state index contributed by atoms with van der Waals surface area (Å²) in [4.78, 5) is 25.9. The molecule has 31 heavy (non-hydrogen) atoms. The fraction of sp³-hybridized carbons (Fsp3) is 0.130. The van der Waals surface area contributed by atoms with Gasteiger partial charge in [0.15, 0.2) is 5.65 Å². The molecule has 0 fully saturated rings. The van der Waals surface area contributed by atoms with E-state index in [0.717, 1.165) is 5.56 Å². The molecule has 0 aliphatic heterocycles. The number of hydrogen-bond acceptors (Lipinski definition) is 5. The molecule has 0 aliphatic carbocycles. The van der Waals surface area contributed by atoms with Crippen molar-refractivity contribution >= 4 is 34.8 Å². The van der Waals surface area contributed by atoms with Gasteiger partial charge >= 0.3 is 5.97 Å². The van der Waals surface area contributed by atoms with E-state index in [9.17, 15) is 9.59 Å². The number of benzene rings is 2. The zero-order valence-electron chi connectivity index (χ0n) is 16.9. The maximum atomic E-state index is 13.0. The normalized spacial score (nSPS) is 11.8. The van der Waals surface area contributed by atoms with Crippen LogP contribution in [0.4, 0.5) is 5.69 Å². The molecular formula is C23H19ClN4O3. The average Bonchev–Trinajstić information content (AvgIpc) is 3.15. The zero-order chi connectivity index (χ0) is 22.0. The molecule has 2 aromatic heterocycles. The molecule has 4 rings (SSSR count). The lowest BCUT2D eigenvalue weighted by molar-refractivity contribution is -0.125. The summed E-state index contributed by atoms with van der Waals surface area (Å²) in [6.07, 6.45) is 0.443. The summed E-state index contributed by atoms with van der Waals surface area (Å²) in [5.41, 5.74) is 2.85. The number of anilines is 1. The number of amides is 1. The van der Waals surface area contributed by atoms with Crippen molar-refractivity contribution in [2.75, 3.05) is 5.32 Å². The molecule has 4 aromatic rings. The van der Waals surface area contributed by atoms with E-state index in [1.165, 1.54) is 0 Å². The van der Waals surface area contributed by atoms with Gasteiger partial charge in [-0.3, -0.25) is 9.20 Å². The Labute approximate surface area is 183 Å². The maximum absolute atomic E-state index is 13.0. The number of pyridine rings is 1. The highest BCUT2D eigenvalue weighted by atomic mass is 35.5. The van der Waals surface area contributed by atoms with E-state index in [1.54, 1.807) is 72.1 Å². The Bertz CT molecular complexity index is 1270. The van der Waals surface area contributed by atoms with E-state index in [2.05, 4.69) is 15.5 Å². The second-order valence-corrected chi connectivity index (χ2v) is 7.45. The predicted molar refractivity (Wildman–Crippen MR) is 117 cm³/mol. The number of nitrogens with one attached hydrogen (secondary N) is 1. The lowest BCUT2D eigenvalue weighted by Gasteiger charge is -2.18. The third-order valence-corrected chi connectivity index (χ3v) is 5.22. The van der Waals surface area contributed by atoms with Gasteiger partial charge in [0.05, 0.1) is 5.56 Å². The highest BCUT2D eigenvalue weighted by molar-refractivity contribution is 6.31. The van der Waals surface area contributed by atoms with Crippen LogP contribution < -0.4 is 5.32 Å². The second kappa shape index (κ2) is 8.57. The smallest absolute Gasteiger partial charge is 0.340 e. The summed E-state index contributed by atoms with van der Waals surface area (Å²) in [6, 6.07) is 17.3. The van der Waals surface area contributed by atoms with Crippen LogP contribution in [0.3, 0.4) is 0 Å². The molecule has 0 spiro atoms. The first kappa shape index (κ1) is 20.6. The predicted octanol–water partition coefficient (Wildman–Crippen LogP) is 4.54. The number of halogens is 1. The van der Waals surface area contributed by atoms with Crippen LogP contribution in [-0.2, 0) is 9.53 Å². The minimum Gasteiger partial charge on any atom is -0.444 e. The van der Waals surface area contributed by atoms with Crippen LogP contribution >= 0.6 is 11.6 Å². The van der Waals surface area contributed by atoms with Gasteiger partial charge in [0.1, 0.15) is 5.82 Å². The molecule has 1 N–H and O–H groups in total. The molecule has 1 atom stereocenters. The molecule has 156 valence electrons.